The SMILES string of the molecule is Cc1cc2cc([C@@H](c3nnnn3C[C@H]3CCCO3)[NH+]3CCCCC3)c(=O)[nH]c2cc1C. The normalized spacial score (nSPS) is 21.0. The summed E-state index contributed by atoms with van der Waals surface area (Å²) in [7, 11) is 0. The van der Waals surface area contributed by atoms with Gasteiger partial charge in [0.1, 0.15) is 0 Å². The highest BCUT2D eigenvalue weighted by Gasteiger charge is 2.35. The molecule has 0 aliphatic carbocycles. The van der Waals surface area contributed by atoms with Gasteiger partial charge in [0.05, 0.1) is 31.3 Å². The molecule has 0 spiro atoms. The largest absolute Gasteiger partial charge is 0.376 e. The molecule has 5 rings (SSSR count). The molecule has 0 saturated carbocycles. The van der Waals surface area contributed by atoms with Crippen molar-refractivity contribution in [3.63, 3.8) is 0 Å². The first-order chi connectivity index (χ1) is 15.1. The molecule has 1 aromatic carbocycles. The van der Waals surface area contributed by atoms with Crippen LogP contribution in [0.5, 0.6) is 0 Å². The van der Waals surface area contributed by atoms with Crippen LogP contribution in [0.15, 0.2) is 23.0 Å². The number of rotatable bonds is 5. The molecule has 2 aliphatic heterocycles. The summed E-state index contributed by atoms with van der Waals surface area (Å²) in [6, 6.07) is 6.08. The lowest BCUT2D eigenvalue weighted by Gasteiger charge is -2.30. The van der Waals surface area contributed by atoms with Crippen LogP contribution < -0.4 is 10.5 Å². The number of H-pyrrole nitrogens is 1. The minimum absolute atomic E-state index is 0.0505. The molecule has 0 bridgehead atoms. The van der Waals surface area contributed by atoms with E-state index in [0.717, 1.165) is 67.7 Å². The summed E-state index contributed by atoms with van der Waals surface area (Å²) in [5.74, 6) is 0.765. The second kappa shape index (κ2) is 8.51. The second-order valence-corrected chi connectivity index (χ2v) is 9.08. The van der Waals surface area contributed by atoms with Crippen molar-refractivity contribution in [3.05, 3.63) is 51.1 Å². The van der Waals surface area contributed by atoms with E-state index >= 15 is 0 Å². The summed E-state index contributed by atoms with van der Waals surface area (Å²) < 4.78 is 7.69. The standard InChI is InChI=1S/C23H30N6O2/c1-15-11-17-13-19(23(30)24-20(17)12-16(15)2)21(28-8-4-3-5-9-28)22-25-26-27-29(22)14-18-7-6-10-31-18/h11-13,18,21H,3-10,14H2,1-2H3,(H,24,30)/p+1/t18-,21+/m1/s1. The molecular formula is C23H31N6O2+. The number of hydrogen-bond acceptors (Lipinski definition) is 5. The summed E-state index contributed by atoms with van der Waals surface area (Å²) >= 11 is 0. The molecule has 2 saturated heterocycles. The average molecular weight is 424 g/mol. The molecule has 0 radical (unpaired) electrons. The summed E-state index contributed by atoms with van der Waals surface area (Å²) in [4.78, 5) is 17.8. The molecule has 8 heteroatoms. The summed E-state index contributed by atoms with van der Waals surface area (Å²) in [5, 5.41) is 13.8. The van der Waals surface area contributed by atoms with Gasteiger partial charge in [0.15, 0.2) is 6.04 Å². The zero-order chi connectivity index (χ0) is 21.4. The Morgan fingerprint density at radius 2 is 1.97 bits per heavy atom. The van der Waals surface area contributed by atoms with E-state index in [-0.39, 0.29) is 17.7 Å². The third kappa shape index (κ3) is 4.02. The fourth-order valence-corrected chi connectivity index (χ4v) is 5.07. The van der Waals surface area contributed by atoms with Gasteiger partial charge in [-0.05, 0) is 91.1 Å². The summed E-state index contributed by atoms with van der Waals surface area (Å²) in [6.07, 6.45) is 5.79. The van der Waals surface area contributed by atoms with Crippen LogP contribution >= 0.6 is 0 Å². The quantitative estimate of drug-likeness (QED) is 0.649. The van der Waals surface area contributed by atoms with Crippen LogP contribution in [-0.4, -0.2) is 51.0 Å². The Hall–Kier alpha value is -2.58. The van der Waals surface area contributed by atoms with Gasteiger partial charge in [0.2, 0.25) is 5.82 Å². The van der Waals surface area contributed by atoms with E-state index in [0.29, 0.717) is 6.54 Å². The number of benzene rings is 1. The predicted molar refractivity (Wildman–Crippen MR) is 117 cm³/mol. The highest BCUT2D eigenvalue weighted by atomic mass is 16.5. The minimum atomic E-state index is -0.188. The molecule has 4 heterocycles. The first-order valence-corrected chi connectivity index (χ1v) is 11.5. The van der Waals surface area contributed by atoms with E-state index in [1.807, 2.05) is 4.68 Å². The lowest BCUT2D eigenvalue weighted by Crippen LogP contribution is -3.13. The molecule has 2 atom stereocenters. The number of pyridine rings is 1. The van der Waals surface area contributed by atoms with Gasteiger partial charge in [0.25, 0.3) is 5.56 Å². The number of quaternary nitrogens is 1. The molecular weight excluding hydrogens is 392 g/mol. The molecule has 8 nitrogen and oxygen atoms in total. The van der Waals surface area contributed by atoms with Crippen molar-refractivity contribution in [1.82, 2.24) is 25.2 Å². The van der Waals surface area contributed by atoms with Crippen LogP contribution in [0.1, 0.15) is 60.7 Å². The van der Waals surface area contributed by atoms with E-state index in [4.69, 9.17) is 4.74 Å². The van der Waals surface area contributed by atoms with Gasteiger partial charge in [-0.1, -0.05) is 0 Å². The summed E-state index contributed by atoms with van der Waals surface area (Å²) in [6.45, 7) is 7.64. The molecule has 3 aromatic rings. The number of ether oxygens (including phenoxy) is 1. The van der Waals surface area contributed by atoms with Crippen molar-refractivity contribution >= 4 is 10.9 Å². The Bertz CT molecular complexity index is 1120. The molecule has 2 N–H and O–H groups in total. The van der Waals surface area contributed by atoms with Gasteiger partial charge in [0, 0.05) is 12.1 Å². The van der Waals surface area contributed by atoms with E-state index in [9.17, 15) is 4.79 Å². The maximum atomic E-state index is 13.3. The van der Waals surface area contributed by atoms with Gasteiger partial charge < -0.3 is 14.6 Å². The summed E-state index contributed by atoms with van der Waals surface area (Å²) in [5.41, 5.74) is 3.97. The maximum absolute atomic E-state index is 13.3. The molecule has 2 aliphatic rings. The number of nitrogens with zero attached hydrogens (tertiary/aromatic N) is 4. The van der Waals surface area contributed by atoms with Crippen molar-refractivity contribution in [1.29, 1.82) is 0 Å². The van der Waals surface area contributed by atoms with Crippen LogP contribution in [0.4, 0.5) is 0 Å². The number of aryl methyl sites for hydroxylation is 2. The molecule has 2 fully saturated rings. The van der Waals surface area contributed by atoms with Gasteiger partial charge >= 0.3 is 0 Å². The van der Waals surface area contributed by atoms with Gasteiger partial charge in [-0.2, -0.15) is 0 Å². The first kappa shape index (κ1) is 20.3. The number of hydrogen-bond donors (Lipinski definition) is 2. The topological polar surface area (TPSA) is 90.1 Å². The van der Waals surface area contributed by atoms with Crippen molar-refractivity contribution in [2.45, 2.75) is 64.6 Å². The monoisotopic (exact) mass is 423 g/mol. The number of nitrogens with one attached hydrogen (secondary N) is 2. The molecule has 164 valence electrons. The molecule has 2 aromatic heterocycles. The Balaban J connectivity index is 1.61. The number of piperidine rings is 1. The van der Waals surface area contributed by atoms with Gasteiger partial charge in [-0.3, -0.25) is 4.79 Å². The number of aromatic amines is 1. The number of aromatic nitrogens is 5. The van der Waals surface area contributed by atoms with Crippen molar-refractivity contribution in [2.24, 2.45) is 0 Å². The molecule has 0 unspecified atom stereocenters. The van der Waals surface area contributed by atoms with E-state index in [1.54, 1.807) is 0 Å². The second-order valence-electron chi connectivity index (χ2n) is 9.08. The van der Waals surface area contributed by atoms with Crippen LogP contribution in [0.3, 0.4) is 0 Å². The Labute approximate surface area is 181 Å². The third-order valence-corrected chi connectivity index (χ3v) is 6.92. The zero-order valence-corrected chi connectivity index (χ0v) is 18.4. The lowest BCUT2D eigenvalue weighted by atomic mass is 9.99. The average Bonchev–Trinajstić information content (AvgIpc) is 3.44. The number of tetrazole rings is 1. The molecule has 0 amide bonds. The Kier molecular flexibility index (Phi) is 5.58. The van der Waals surface area contributed by atoms with Crippen molar-refractivity contribution in [3.8, 4) is 0 Å². The fourth-order valence-electron chi connectivity index (χ4n) is 5.07. The van der Waals surface area contributed by atoms with Crippen LogP contribution in [0.25, 0.3) is 10.9 Å². The van der Waals surface area contributed by atoms with Crippen molar-refractivity contribution in [2.75, 3.05) is 19.7 Å². The lowest BCUT2D eigenvalue weighted by molar-refractivity contribution is -0.931. The van der Waals surface area contributed by atoms with Gasteiger partial charge in [-0.15, -0.1) is 5.10 Å². The first-order valence-electron chi connectivity index (χ1n) is 11.5. The third-order valence-electron chi connectivity index (χ3n) is 6.92. The minimum Gasteiger partial charge on any atom is -0.376 e. The maximum Gasteiger partial charge on any atom is 0.258 e. The Morgan fingerprint density at radius 3 is 2.74 bits per heavy atom. The highest BCUT2D eigenvalue weighted by molar-refractivity contribution is 5.80. The van der Waals surface area contributed by atoms with Crippen LogP contribution in [0.2, 0.25) is 0 Å². The smallest absolute Gasteiger partial charge is 0.258 e. The Morgan fingerprint density at radius 1 is 1.16 bits per heavy atom. The highest BCUT2D eigenvalue weighted by Crippen LogP contribution is 2.23. The number of fused-ring (bicyclic) bond motifs is 1. The number of likely N-dealkylation sites (tertiary alicyclic amines) is 1. The van der Waals surface area contributed by atoms with Crippen LogP contribution in [-0.2, 0) is 11.3 Å². The predicted octanol–water partition coefficient (Wildman–Crippen LogP) is 1.47. The van der Waals surface area contributed by atoms with E-state index in [1.165, 1.54) is 22.4 Å². The van der Waals surface area contributed by atoms with E-state index in [2.05, 4.69) is 52.6 Å². The molecule has 31 heavy (non-hydrogen) atoms. The van der Waals surface area contributed by atoms with Crippen LogP contribution in [0, 0.1) is 13.8 Å². The van der Waals surface area contributed by atoms with Crippen molar-refractivity contribution < 1.29 is 9.64 Å². The van der Waals surface area contributed by atoms with Gasteiger partial charge in [-0.25, -0.2) is 4.68 Å². The fraction of sp³-hybridized carbons (Fsp3) is 0.565. The zero-order valence-electron chi connectivity index (χ0n) is 18.4. The van der Waals surface area contributed by atoms with E-state index < -0.39 is 0 Å².